The van der Waals surface area contributed by atoms with Gasteiger partial charge in [-0.05, 0) is 25.5 Å². The van der Waals surface area contributed by atoms with Gasteiger partial charge in [0.05, 0.1) is 5.52 Å². The fraction of sp³-hybridized carbons (Fsp3) is 0.300. The van der Waals surface area contributed by atoms with Gasteiger partial charge in [0.1, 0.15) is 11.3 Å². The Morgan fingerprint density at radius 3 is 2.71 bits per heavy atom. The standard InChI is InChI=1S/C10H12N4/c1-3-7-4-5-8-9(14-7)10(11)13-6(2)12-8/h4-5H,3H2,1-2H3,(H2,11,12,13). The molecule has 2 rings (SSSR count). The maximum Gasteiger partial charge on any atom is 0.153 e. The quantitative estimate of drug-likeness (QED) is 0.736. The van der Waals surface area contributed by atoms with E-state index in [9.17, 15) is 0 Å². The van der Waals surface area contributed by atoms with E-state index in [0.29, 0.717) is 17.2 Å². The van der Waals surface area contributed by atoms with Crippen molar-refractivity contribution in [3.8, 4) is 0 Å². The second-order valence-electron chi connectivity index (χ2n) is 3.18. The minimum Gasteiger partial charge on any atom is -0.382 e. The van der Waals surface area contributed by atoms with Gasteiger partial charge in [0.2, 0.25) is 0 Å². The van der Waals surface area contributed by atoms with Crippen LogP contribution in [0.2, 0.25) is 0 Å². The molecule has 0 spiro atoms. The Morgan fingerprint density at radius 2 is 2.00 bits per heavy atom. The Bertz CT molecular complexity index is 479. The second-order valence-corrected chi connectivity index (χ2v) is 3.18. The van der Waals surface area contributed by atoms with Crippen molar-refractivity contribution < 1.29 is 0 Å². The van der Waals surface area contributed by atoms with Crippen LogP contribution in [0.15, 0.2) is 12.1 Å². The molecule has 2 heterocycles. The fourth-order valence-electron chi connectivity index (χ4n) is 1.39. The predicted molar refractivity (Wildman–Crippen MR) is 55.9 cm³/mol. The van der Waals surface area contributed by atoms with Crippen LogP contribution in [0.1, 0.15) is 18.4 Å². The lowest BCUT2D eigenvalue weighted by Gasteiger charge is -2.03. The van der Waals surface area contributed by atoms with Gasteiger partial charge in [-0.15, -0.1) is 0 Å². The van der Waals surface area contributed by atoms with E-state index in [4.69, 9.17) is 5.73 Å². The van der Waals surface area contributed by atoms with Crippen molar-refractivity contribution in [1.29, 1.82) is 0 Å². The molecule has 0 aliphatic rings. The monoisotopic (exact) mass is 188 g/mol. The van der Waals surface area contributed by atoms with Crippen molar-refractivity contribution in [1.82, 2.24) is 15.0 Å². The van der Waals surface area contributed by atoms with Gasteiger partial charge in [-0.25, -0.2) is 15.0 Å². The Hall–Kier alpha value is -1.71. The Kier molecular flexibility index (Phi) is 2.04. The lowest BCUT2D eigenvalue weighted by molar-refractivity contribution is 1.04. The average Bonchev–Trinajstić information content (AvgIpc) is 2.17. The molecule has 0 fully saturated rings. The number of rotatable bonds is 1. The molecule has 0 radical (unpaired) electrons. The largest absolute Gasteiger partial charge is 0.382 e. The molecule has 0 unspecified atom stereocenters. The lowest BCUT2D eigenvalue weighted by Crippen LogP contribution is -2.00. The van der Waals surface area contributed by atoms with E-state index in [1.165, 1.54) is 0 Å². The van der Waals surface area contributed by atoms with Crippen molar-refractivity contribution in [2.75, 3.05) is 5.73 Å². The molecule has 0 atom stereocenters. The molecule has 0 aromatic carbocycles. The molecule has 0 saturated heterocycles. The molecule has 72 valence electrons. The second kappa shape index (κ2) is 3.21. The van der Waals surface area contributed by atoms with Crippen LogP contribution in [0.25, 0.3) is 11.0 Å². The number of pyridine rings is 1. The summed E-state index contributed by atoms with van der Waals surface area (Å²) in [7, 11) is 0. The topological polar surface area (TPSA) is 64.7 Å². The van der Waals surface area contributed by atoms with E-state index >= 15 is 0 Å². The SMILES string of the molecule is CCc1ccc2nc(C)nc(N)c2n1. The highest BCUT2D eigenvalue weighted by atomic mass is 15.0. The summed E-state index contributed by atoms with van der Waals surface area (Å²) < 4.78 is 0. The Morgan fingerprint density at radius 1 is 1.21 bits per heavy atom. The first-order valence-corrected chi connectivity index (χ1v) is 4.60. The van der Waals surface area contributed by atoms with Crippen LogP contribution in [-0.4, -0.2) is 15.0 Å². The maximum atomic E-state index is 5.77. The lowest BCUT2D eigenvalue weighted by atomic mass is 10.2. The number of aryl methyl sites for hydroxylation is 2. The third-order valence-corrected chi connectivity index (χ3v) is 2.10. The van der Waals surface area contributed by atoms with Crippen LogP contribution in [0.4, 0.5) is 5.82 Å². The molecular formula is C10H12N4. The summed E-state index contributed by atoms with van der Waals surface area (Å²) in [6.45, 7) is 3.88. The Balaban J connectivity index is 2.75. The van der Waals surface area contributed by atoms with Crippen molar-refractivity contribution >= 4 is 16.9 Å². The van der Waals surface area contributed by atoms with E-state index in [-0.39, 0.29) is 0 Å². The zero-order valence-corrected chi connectivity index (χ0v) is 8.28. The normalized spacial score (nSPS) is 10.7. The fourth-order valence-corrected chi connectivity index (χ4v) is 1.39. The zero-order valence-electron chi connectivity index (χ0n) is 8.28. The number of nitrogen functional groups attached to an aromatic ring is 1. The third kappa shape index (κ3) is 1.39. The summed E-state index contributed by atoms with van der Waals surface area (Å²) in [5, 5.41) is 0. The first-order chi connectivity index (χ1) is 6.70. The molecule has 0 saturated carbocycles. The number of fused-ring (bicyclic) bond motifs is 1. The molecule has 4 heteroatoms. The van der Waals surface area contributed by atoms with Gasteiger partial charge in [0.15, 0.2) is 5.82 Å². The first-order valence-electron chi connectivity index (χ1n) is 4.60. The molecular weight excluding hydrogens is 176 g/mol. The molecule has 0 aliphatic carbocycles. The van der Waals surface area contributed by atoms with Crippen LogP contribution >= 0.6 is 0 Å². The van der Waals surface area contributed by atoms with Gasteiger partial charge in [-0.2, -0.15) is 0 Å². The molecule has 2 aromatic heterocycles. The minimum atomic E-state index is 0.461. The molecule has 14 heavy (non-hydrogen) atoms. The molecule has 0 amide bonds. The van der Waals surface area contributed by atoms with Crippen molar-refractivity contribution in [3.63, 3.8) is 0 Å². The van der Waals surface area contributed by atoms with Crippen LogP contribution in [0.3, 0.4) is 0 Å². The zero-order chi connectivity index (χ0) is 10.1. The summed E-state index contributed by atoms with van der Waals surface area (Å²) in [5.74, 6) is 1.14. The molecule has 0 aliphatic heterocycles. The molecule has 2 N–H and O–H groups in total. The molecule has 4 nitrogen and oxygen atoms in total. The number of anilines is 1. The average molecular weight is 188 g/mol. The van der Waals surface area contributed by atoms with Gasteiger partial charge in [0.25, 0.3) is 0 Å². The number of hydrogen-bond donors (Lipinski definition) is 1. The Labute approximate surface area is 82.2 Å². The van der Waals surface area contributed by atoms with Crippen LogP contribution in [-0.2, 0) is 6.42 Å². The number of hydrogen-bond acceptors (Lipinski definition) is 4. The number of nitrogens with zero attached hydrogens (tertiary/aromatic N) is 3. The van der Waals surface area contributed by atoms with Gasteiger partial charge in [-0.1, -0.05) is 6.92 Å². The number of nitrogens with two attached hydrogens (primary N) is 1. The van der Waals surface area contributed by atoms with E-state index in [2.05, 4.69) is 21.9 Å². The van der Waals surface area contributed by atoms with Crippen LogP contribution < -0.4 is 5.73 Å². The highest BCUT2D eigenvalue weighted by molar-refractivity contribution is 5.83. The van der Waals surface area contributed by atoms with Crippen molar-refractivity contribution in [2.24, 2.45) is 0 Å². The van der Waals surface area contributed by atoms with Crippen molar-refractivity contribution in [2.45, 2.75) is 20.3 Å². The predicted octanol–water partition coefficient (Wildman–Crippen LogP) is 1.48. The van der Waals surface area contributed by atoms with E-state index in [0.717, 1.165) is 17.6 Å². The highest BCUT2D eigenvalue weighted by Crippen LogP contribution is 2.15. The first kappa shape index (κ1) is 8.87. The van der Waals surface area contributed by atoms with Crippen LogP contribution in [0.5, 0.6) is 0 Å². The maximum absolute atomic E-state index is 5.77. The molecule has 2 aromatic rings. The van der Waals surface area contributed by atoms with Crippen molar-refractivity contribution in [3.05, 3.63) is 23.7 Å². The summed E-state index contributed by atoms with van der Waals surface area (Å²) in [6.07, 6.45) is 0.892. The minimum absolute atomic E-state index is 0.461. The number of aromatic nitrogens is 3. The van der Waals surface area contributed by atoms with Gasteiger partial charge in [0, 0.05) is 5.69 Å². The van der Waals surface area contributed by atoms with Gasteiger partial charge < -0.3 is 5.73 Å². The van der Waals surface area contributed by atoms with Gasteiger partial charge >= 0.3 is 0 Å². The summed E-state index contributed by atoms with van der Waals surface area (Å²) in [4.78, 5) is 12.7. The summed E-state index contributed by atoms with van der Waals surface area (Å²) in [6, 6.07) is 3.90. The van der Waals surface area contributed by atoms with E-state index < -0.39 is 0 Å². The smallest absolute Gasteiger partial charge is 0.153 e. The summed E-state index contributed by atoms with van der Waals surface area (Å²) in [5.41, 5.74) is 8.29. The molecule has 0 bridgehead atoms. The van der Waals surface area contributed by atoms with E-state index in [1.807, 2.05) is 19.1 Å². The third-order valence-electron chi connectivity index (χ3n) is 2.10. The highest BCUT2D eigenvalue weighted by Gasteiger charge is 2.04. The summed E-state index contributed by atoms with van der Waals surface area (Å²) >= 11 is 0. The van der Waals surface area contributed by atoms with Gasteiger partial charge in [-0.3, -0.25) is 0 Å². The van der Waals surface area contributed by atoms with Crippen LogP contribution in [0, 0.1) is 6.92 Å². The van der Waals surface area contributed by atoms with E-state index in [1.54, 1.807) is 0 Å².